The largest absolute Gasteiger partial charge is 0.354 e. The number of amides is 1. The Morgan fingerprint density at radius 1 is 1.53 bits per heavy atom. The number of carbonyl (C=O) groups excluding carboxylic acids is 1. The van der Waals surface area contributed by atoms with Crippen molar-refractivity contribution in [3.8, 4) is 0 Å². The molecule has 0 bridgehead atoms. The molecule has 1 rings (SSSR count). The Bertz CT molecular complexity index is 218. The molecule has 15 heavy (non-hydrogen) atoms. The second-order valence-electron chi connectivity index (χ2n) is 5.51. The molecule has 0 aromatic heterocycles. The Morgan fingerprint density at radius 3 is 2.67 bits per heavy atom. The van der Waals surface area contributed by atoms with Crippen molar-refractivity contribution in [2.75, 3.05) is 13.1 Å². The van der Waals surface area contributed by atoms with Crippen molar-refractivity contribution in [2.24, 2.45) is 11.3 Å². The Labute approximate surface area is 93.0 Å². The van der Waals surface area contributed by atoms with E-state index < -0.39 is 0 Å². The van der Waals surface area contributed by atoms with E-state index in [0.29, 0.717) is 5.92 Å². The lowest BCUT2D eigenvalue weighted by Crippen LogP contribution is -2.45. The van der Waals surface area contributed by atoms with Crippen LogP contribution in [0, 0.1) is 11.3 Å². The van der Waals surface area contributed by atoms with Gasteiger partial charge in [-0.1, -0.05) is 27.7 Å². The van der Waals surface area contributed by atoms with E-state index in [-0.39, 0.29) is 17.4 Å². The van der Waals surface area contributed by atoms with Gasteiger partial charge in [0.2, 0.25) is 5.91 Å². The monoisotopic (exact) mass is 212 g/mol. The number of nitrogens with one attached hydrogen (secondary N) is 2. The quantitative estimate of drug-likeness (QED) is 0.742. The molecule has 1 saturated heterocycles. The van der Waals surface area contributed by atoms with E-state index in [1.165, 1.54) is 0 Å². The molecule has 1 aliphatic heterocycles. The first kappa shape index (κ1) is 12.5. The summed E-state index contributed by atoms with van der Waals surface area (Å²) < 4.78 is 0. The number of hydrogen-bond donors (Lipinski definition) is 2. The van der Waals surface area contributed by atoms with Crippen LogP contribution in [-0.4, -0.2) is 25.0 Å². The first-order valence-corrected chi connectivity index (χ1v) is 5.94. The molecule has 1 unspecified atom stereocenters. The van der Waals surface area contributed by atoms with Gasteiger partial charge in [0.15, 0.2) is 0 Å². The van der Waals surface area contributed by atoms with Gasteiger partial charge < -0.3 is 10.6 Å². The van der Waals surface area contributed by atoms with Crippen LogP contribution >= 0.6 is 0 Å². The topological polar surface area (TPSA) is 41.1 Å². The zero-order chi connectivity index (χ0) is 11.5. The highest BCUT2D eigenvalue weighted by Gasteiger charge is 2.26. The van der Waals surface area contributed by atoms with Crippen LogP contribution in [0.2, 0.25) is 0 Å². The summed E-state index contributed by atoms with van der Waals surface area (Å²) in [4.78, 5) is 11.7. The number of rotatable bonds is 4. The van der Waals surface area contributed by atoms with Crippen LogP contribution in [0.4, 0.5) is 0 Å². The van der Waals surface area contributed by atoms with Crippen LogP contribution in [0.15, 0.2) is 0 Å². The normalized spacial score (nSPS) is 22.1. The summed E-state index contributed by atoms with van der Waals surface area (Å²) in [7, 11) is 0. The fourth-order valence-corrected chi connectivity index (χ4v) is 1.55. The third kappa shape index (κ3) is 3.49. The second kappa shape index (κ2) is 4.97. The SMILES string of the molecule is CC(C)C(C)(C)CNC(=O)C1CCCN1. The lowest BCUT2D eigenvalue weighted by molar-refractivity contribution is -0.123. The highest BCUT2D eigenvalue weighted by atomic mass is 16.2. The van der Waals surface area contributed by atoms with E-state index in [0.717, 1.165) is 25.9 Å². The Hall–Kier alpha value is -0.570. The molecule has 1 heterocycles. The molecule has 0 radical (unpaired) electrons. The van der Waals surface area contributed by atoms with Gasteiger partial charge in [0.25, 0.3) is 0 Å². The fraction of sp³-hybridized carbons (Fsp3) is 0.917. The van der Waals surface area contributed by atoms with Crippen LogP contribution in [0.5, 0.6) is 0 Å². The minimum Gasteiger partial charge on any atom is -0.354 e. The summed E-state index contributed by atoms with van der Waals surface area (Å²) in [6, 6.07) is 0.0490. The zero-order valence-corrected chi connectivity index (χ0v) is 10.4. The number of hydrogen-bond acceptors (Lipinski definition) is 2. The van der Waals surface area contributed by atoms with Gasteiger partial charge in [-0.05, 0) is 30.7 Å². The molecule has 88 valence electrons. The van der Waals surface area contributed by atoms with Gasteiger partial charge in [-0.3, -0.25) is 4.79 Å². The molecule has 1 amide bonds. The maximum atomic E-state index is 11.7. The highest BCUT2D eigenvalue weighted by Crippen LogP contribution is 2.24. The molecule has 3 nitrogen and oxygen atoms in total. The second-order valence-corrected chi connectivity index (χ2v) is 5.51. The predicted molar refractivity (Wildman–Crippen MR) is 62.7 cm³/mol. The van der Waals surface area contributed by atoms with E-state index in [2.05, 4.69) is 38.3 Å². The van der Waals surface area contributed by atoms with Gasteiger partial charge in [-0.15, -0.1) is 0 Å². The fourth-order valence-electron chi connectivity index (χ4n) is 1.55. The van der Waals surface area contributed by atoms with Crippen molar-refractivity contribution >= 4 is 5.91 Å². The van der Waals surface area contributed by atoms with Crippen LogP contribution < -0.4 is 10.6 Å². The van der Waals surface area contributed by atoms with E-state index in [4.69, 9.17) is 0 Å². The van der Waals surface area contributed by atoms with Crippen molar-refractivity contribution in [3.63, 3.8) is 0 Å². The summed E-state index contributed by atoms with van der Waals surface area (Å²) in [6.07, 6.45) is 2.10. The molecule has 0 spiro atoms. The maximum Gasteiger partial charge on any atom is 0.237 e. The highest BCUT2D eigenvalue weighted by molar-refractivity contribution is 5.82. The number of carbonyl (C=O) groups is 1. The Kier molecular flexibility index (Phi) is 4.14. The van der Waals surface area contributed by atoms with Gasteiger partial charge in [0, 0.05) is 6.54 Å². The van der Waals surface area contributed by atoms with Crippen molar-refractivity contribution in [3.05, 3.63) is 0 Å². The van der Waals surface area contributed by atoms with Crippen molar-refractivity contribution in [1.82, 2.24) is 10.6 Å². The van der Waals surface area contributed by atoms with Gasteiger partial charge in [-0.2, -0.15) is 0 Å². The van der Waals surface area contributed by atoms with Crippen molar-refractivity contribution in [1.29, 1.82) is 0 Å². The molecule has 1 aliphatic rings. The average molecular weight is 212 g/mol. The minimum absolute atomic E-state index is 0.0490. The van der Waals surface area contributed by atoms with Crippen LogP contribution in [-0.2, 0) is 4.79 Å². The van der Waals surface area contributed by atoms with E-state index >= 15 is 0 Å². The summed E-state index contributed by atoms with van der Waals surface area (Å²) in [6.45, 7) is 10.5. The molecule has 1 atom stereocenters. The molecule has 0 aromatic carbocycles. The van der Waals surface area contributed by atoms with Crippen LogP contribution in [0.3, 0.4) is 0 Å². The molecule has 0 saturated carbocycles. The van der Waals surface area contributed by atoms with Crippen LogP contribution in [0.25, 0.3) is 0 Å². The minimum atomic E-state index is 0.0490. The summed E-state index contributed by atoms with van der Waals surface area (Å²) >= 11 is 0. The first-order valence-electron chi connectivity index (χ1n) is 5.94. The lowest BCUT2D eigenvalue weighted by atomic mass is 9.81. The molecular weight excluding hydrogens is 188 g/mol. The summed E-state index contributed by atoms with van der Waals surface area (Å²) in [5, 5.41) is 6.25. The van der Waals surface area contributed by atoms with Crippen molar-refractivity contribution in [2.45, 2.75) is 46.6 Å². The van der Waals surface area contributed by atoms with E-state index in [1.807, 2.05) is 0 Å². The lowest BCUT2D eigenvalue weighted by Gasteiger charge is -2.29. The third-order valence-electron chi connectivity index (χ3n) is 3.66. The molecular formula is C12H24N2O. The summed E-state index contributed by atoms with van der Waals surface area (Å²) in [5.41, 5.74) is 0.175. The first-order chi connectivity index (χ1) is 6.93. The Balaban J connectivity index is 2.33. The Morgan fingerprint density at radius 2 is 2.20 bits per heavy atom. The van der Waals surface area contributed by atoms with E-state index in [1.54, 1.807) is 0 Å². The van der Waals surface area contributed by atoms with E-state index in [9.17, 15) is 4.79 Å². The van der Waals surface area contributed by atoms with Gasteiger partial charge in [0.05, 0.1) is 6.04 Å². The predicted octanol–water partition coefficient (Wildman–Crippen LogP) is 1.54. The standard InChI is InChI=1S/C12H24N2O/c1-9(2)12(3,4)8-14-11(15)10-6-5-7-13-10/h9-10,13H,5-8H2,1-4H3,(H,14,15). The summed E-state index contributed by atoms with van der Waals surface area (Å²) in [5.74, 6) is 0.746. The van der Waals surface area contributed by atoms with Crippen molar-refractivity contribution < 1.29 is 4.79 Å². The molecule has 0 aliphatic carbocycles. The van der Waals surface area contributed by atoms with Gasteiger partial charge in [-0.25, -0.2) is 0 Å². The third-order valence-corrected chi connectivity index (χ3v) is 3.66. The van der Waals surface area contributed by atoms with Gasteiger partial charge >= 0.3 is 0 Å². The van der Waals surface area contributed by atoms with Crippen LogP contribution in [0.1, 0.15) is 40.5 Å². The molecule has 0 aromatic rings. The zero-order valence-electron chi connectivity index (χ0n) is 10.4. The smallest absolute Gasteiger partial charge is 0.237 e. The maximum absolute atomic E-state index is 11.7. The molecule has 1 fully saturated rings. The van der Waals surface area contributed by atoms with Gasteiger partial charge in [0.1, 0.15) is 0 Å². The molecule has 3 heteroatoms. The molecule has 2 N–H and O–H groups in total. The average Bonchev–Trinajstić information content (AvgIpc) is 2.66.